The van der Waals surface area contributed by atoms with Crippen molar-refractivity contribution in [3.63, 3.8) is 0 Å². The quantitative estimate of drug-likeness (QED) is 0.290. The van der Waals surface area contributed by atoms with Crippen LogP contribution in [0.15, 0.2) is 72.8 Å². The van der Waals surface area contributed by atoms with E-state index in [1.807, 2.05) is 0 Å². The zero-order chi connectivity index (χ0) is 18.3. The van der Waals surface area contributed by atoms with Gasteiger partial charge in [0.15, 0.2) is 0 Å². The van der Waals surface area contributed by atoms with Crippen LogP contribution in [0, 0.1) is 0 Å². The van der Waals surface area contributed by atoms with Gasteiger partial charge in [-0.05, 0) is 39.1 Å². The number of hydrogen-bond donors (Lipinski definition) is 0. The van der Waals surface area contributed by atoms with E-state index in [2.05, 4.69) is 98.3 Å². The highest BCUT2D eigenvalue weighted by Gasteiger charge is 2.39. The Morgan fingerprint density at radius 2 is 1.33 bits per heavy atom. The Kier molecular flexibility index (Phi) is 2.68. The van der Waals surface area contributed by atoms with Crippen LogP contribution in [0.1, 0.15) is 25.0 Å². The van der Waals surface area contributed by atoms with E-state index in [4.69, 9.17) is 0 Å². The summed E-state index contributed by atoms with van der Waals surface area (Å²) in [6.07, 6.45) is 0. The van der Waals surface area contributed by atoms with E-state index in [-0.39, 0.29) is 5.41 Å². The summed E-state index contributed by atoms with van der Waals surface area (Å²) in [7, 11) is 2.22. The normalized spacial score (nSPS) is 14.8. The molecule has 0 aliphatic heterocycles. The first kappa shape index (κ1) is 15.0. The molecule has 130 valence electrons. The summed E-state index contributed by atoms with van der Waals surface area (Å²) in [5.41, 5.74) is 8.38. The Balaban J connectivity index is 2.01. The Morgan fingerprint density at radius 1 is 0.704 bits per heavy atom. The molecule has 0 unspecified atom stereocenters. The molecule has 1 heterocycles. The zero-order valence-corrected chi connectivity index (χ0v) is 15.9. The van der Waals surface area contributed by atoms with E-state index in [0.29, 0.717) is 0 Å². The van der Waals surface area contributed by atoms with Crippen molar-refractivity contribution in [1.82, 2.24) is 4.57 Å². The second-order valence-corrected chi connectivity index (χ2v) is 8.27. The van der Waals surface area contributed by atoms with Crippen LogP contribution < -0.4 is 0 Å². The molecule has 0 bridgehead atoms. The zero-order valence-electron chi connectivity index (χ0n) is 15.9. The molecule has 1 aliphatic rings. The number of para-hydroxylation sites is 1. The van der Waals surface area contributed by atoms with E-state index in [1.165, 1.54) is 54.8 Å². The third-order valence-electron chi connectivity index (χ3n) is 6.55. The lowest BCUT2D eigenvalue weighted by Gasteiger charge is -2.23. The molecular weight excluding hydrogens is 326 g/mol. The van der Waals surface area contributed by atoms with E-state index in [9.17, 15) is 0 Å². The predicted molar refractivity (Wildman–Crippen MR) is 115 cm³/mol. The van der Waals surface area contributed by atoms with Gasteiger partial charge in [0.1, 0.15) is 0 Å². The van der Waals surface area contributed by atoms with Crippen LogP contribution in [0.4, 0.5) is 0 Å². The molecule has 0 saturated carbocycles. The SMILES string of the molecule is Cn1c2ccccc2c2c3ccccc3c3c(c21)C(C)(C)c1ccccc1-3. The largest absolute Gasteiger partial charge is 0.343 e. The molecule has 1 heteroatoms. The topological polar surface area (TPSA) is 4.93 Å². The molecular formula is C26H21N. The Labute approximate surface area is 158 Å². The summed E-state index contributed by atoms with van der Waals surface area (Å²) < 4.78 is 2.41. The minimum absolute atomic E-state index is 0.0175. The van der Waals surface area contributed by atoms with Crippen molar-refractivity contribution in [3.05, 3.63) is 83.9 Å². The third kappa shape index (κ3) is 1.66. The minimum Gasteiger partial charge on any atom is -0.343 e. The Hall–Kier alpha value is -3.06. The number of aryl methyl sites for hydroxylation is 1. The van der Waals surface area contributed by atoms with Gasteiger partial charge in [0.2, 0.25) is 0 Å². The predicted octanol–water partition coefficient (Wildman–Crippen LogP) is 6.79. The summed E-state index contributed by atoms with van der Waals surface area (Å²) >= 11 is 0. The van der Waals surface area contributed by atoms with E-state index in [1.54, 1.807) is 0 Å². The maximum atomic E-state index is 2.41. The molecule has 0 radical (unpaired) electrons. The molecule has 4 aromatic carbocycles. The lowest BCUT2D eigenvalue weighted by atomic mass is 9.80. The highest BCUT2D eigenvalue weighted by Crippen LogP contribution is 2.55. The van der Waals surface area contributed by atoms with Crippen molar-refractivity contribution in [1.29, 1.82) is 0 Å². The van der Waals surface area contributed by atoms with Crippen LogP contribution in [-0.4, -0.2) is 4.57 Å². The molecule has 0 N–H and O–H groups in total. The molecule has 1 aliphatic carbocycles. The van der Waals surface area contributed by atoms with Crippen molar-refractivity contribution in [2.45, 2.75) is 19.3 Å². The number of nitrogens with zero attached hydrogens (tertiary/aromatic N) is 1. The molecule has 0 amide bonds. The Bertz CT molecular complexity index is 1400. The van der Waals surface area contributed by atoms with Crippen molar-refractivity contribution < 1.29 is 0 Å². The van der Waals surface area contributed by atoms with Gasteiger partial charge in [0.25, 0.3) is 0 Å². The van der Waals surface area contributed by atoms with Crippen molar-refractivity contribution >= 4 is 32.6 Å². The highest BCUT2D eigenvalue weighted by atomic mass is 14.9. The standard InChI is InChI=1S/C26H21N/c1-26(2)20-14-8-6-12-18(20)22-16-10-4-5-11-17(16)23-19-13-7-9-15-21(19)27(3)25(23)24(22)26/h4-15H,1-3H3. The lowest BCUT2D eigenvalue weighted by molar-refractivity contribution is 0.663. The number of benzene rings is 4. The van der Waals surface area contributed by atoms with E-state index < -0.39 is 0 Å². The third-order valence-corrected chi connectivity index (χ3v) is 6.55. The monoisotopic (exact) mass is 347 g/mol. The van der Waals surface area contributed by atoms with Crippen LogP contribution in [-0.2, 0) is 12.5 Å². The van der Waals surface area contributed by atoms with Gasteiger partial charge in [-0.2, -0.15) is 0 Å². The molecule has 0 fully saturated rings. The minimum atomic E-state index is -0.0175. The summed E-state index contributed by atoms with van der Waals surface area (Å²) in [6, 6.07) is 26.7. The van der Waals surface area contributed by atoms with Gasteiger partial charge in [-0.15, -0.1) is 0 Å². The fourth-order valence-corrected chi connectivity index (χ4v) is 5.40. The summed E-state index contributed by atoms with van der Waals surface area (Å²) in [5.74, 6) is 0. The fourth-order valence-electron chi connectivity index (χ4n) is 5.40. The van der Waals surface area contributed by atoms with Crippen LogP contribution in [0.5, 0.6) is 0 Å². The van der Waals surface area contributed by atoms with Gasteiger partial charge in [0.05, 0.1) is 5.52 Å². The van der Waals surface area contributed by atoms with Crippen LogP contribution >= 0.6 is 0 Å². The number of aromatic nitrogens is 1. The molecule has 0 spiro atoms. The summed E-state index contributed by atoms with van der Waals surface area (Å²) in [5, 5.41) is 5.47. The fraction of sp³-hybridized carbons (Fsp3) is 0.154. The lowest BCUT2D eigenvalue weighted by Crippen LogP contribution is -2.16. The Morgan fingerprint density at radius 3 is 2.15 bits per heavy atom. The number of fused-ring (bicyclic) bond motifs is 10. The molecule has 0 atom stereocenters. The summed E-state index contributed by atoms with van der Waals surface area (Å²) in [6.45, 7) is 4.76. The van der Waals surface area contributed by atoms with E-state index in [0.717, 1.165) is 0 Å². The molecule has 5 aromatic rings. The van der Waals surface area contributed by atoms with Gasteiger partial charge in [-0.1, -0.05) is 80.6 Å². The molecule has 27 heavy (non-hydrogen) atoms. The molecule has 1 aromatic heterocycles. The molecule has 1 nitrogen and oxygen atoms in total. The number of hydrogen-bond acceptors (Lipinski definition) is 0. The van der Waals surface area contributed by atoms with Crippen molar-refractivity contribution in [2.75, 3.05) is 0 Å². The first-order valence-electron chi connectivity index (χ1n) is 9.63. The summed E-state index contributed by atoms with van der Waals surface area (Å²) in [4.78, 5) is 0. The van der Waals surface area contributed by atoms with Crippen LogP contribution in [0.2, 0.25) is 0 Å². The molecule has 0 saturated heterocycles. The van der Waals surface area contributed by atoms with Gasteiger partial charge in [0, 0.05) is 28.8 Å². The van der Waals surface area contributed by atoms with Crippen molar-refractivity contribution in [3.8, 4) is 11.1 Å². The van der Waals surface area contributed by atoms with Crippen LogP contribution in [0.25, 0.3) is 43.7 Å². The first-order chi connectivity index (χ1) is 13.1. The highest BCUT2D eigenvalue weighted by molar-refractivity contribution is 6.26. The second-order valence-electron chi connectivity index (χ2n) is 8.27. The average molecular weight is 347 g/mol. The van der Waals surface area contributed by atoms with Gasteiger partial charge in [-0.3, -0.25) is 0 Å². The maximum absolute atomic E-state index is 2.41. The van der Waals surface area contributed by atoms with Gasteiger partial charge >= 0.3 is 0 Å². The first-order valence-corrected chi connectivity index (χ1v) is 9.63. The van der Waals surface area contributed by atoms with Gasteiger partial charge < -0.3 is 4.57 Å². The average Bonchev–Trinajstić information content (AvgIpc) is 3.12. The van der Waals surface area contributed by atoms with Gasteiger partial charge in [-0.25, -0.2) is 0 Å². The second kappa shape index (κ2) is 4.80. The van der Waals surface area contributed by atoms with Crippen LogP contribution in [0.3, 0.4) is 0 Å². The van der Waals surface area contributed by atoms with Crippen molar-refractivity contribution in [2.24, 2.45) is 7.05 Å². The smallest absolute Gasteiger partial charge is 0.0543 e. The number of rotatable bonds is 0. The maximum Gasteiger partial charge on any atom is 0.0543 e. The molecule has 6 rings (SSSR count). The van der Waals surface area contributed by atoms with E-state index >= 15 is 0 Å².